The number of nitrogens with zero attached hydrogens (tertiary/aromatic N) is 1. The Kier molecular flexibility index (Phi) is 8.20. The van der Waals surface area contributed by atoms with Gasteiger partial charge in [0.05, 0.1) is 18.6 Å². The van der Waals surface area contributed by atoms with Gasteiger partial charge < -0.3 is 34.6 Å². The third kappa shape index (κ3) is 4.98. The van der Waals surface area contributed by atoms with E-state index in [1.807, 2.05) is 31.2 Å². The second kappa shape index (κ2) is 11.3. The van der Waals surface area contributed by atoms with Crippen LogP contribution in [0, 0.1) is 0 Å². The summed E-state index contributed by atoms with van der Waals surface area (Å²) in [4.78, 5) is 28.2. The van der Waals surface area contributed by atoms with Crippen molar-refractivity contribution >= 4 is 11.8 Å². The predicted octanol–water partition coefficient (Wildman–Crippen LogP) is 0.743. The van der Waals surface area contributed by atoms with Crippen LogP contribution in [-0.4, -0.2) is 90.8 Å². The van der Waals surface area contributed by atoms with Gasteiger partial charge in [-0.25, -0.2) is 0 Å². The van der Waals surface area contributed by atoms with E-state index in [1.54, 1.807) is 11.0 Å². The summed E-state index contributed by atoms with van der Waals surface area (Å²) in [6, 6.07) is 6.65. The van der Waals surface area contributed by atoms with Gasteiger partial charge in [-0.1, -0.05) is 18.2 Å². The molecule has 3 N–H and O–H groups in total. The third-order valence-electron chi connectivity index (χ3n) is 6.62. The van der Waals surface area contributed by atoms with Crippen LogP contribution in [0.3, 0.4) is 0 Å². The fourth-order valence-corrected chi connectivity index (χ4v) is 5.04. The van der Waals surface area contributed by atoms with Crippen molar-refractivity contribution in [2.45, 2.75) is 56.5 Å². The summed E-state index contributed by atoms with van der Waals surface area (Å²) < 4.78 is 17.2. The molecule has 3 aliphatic rings. The van der Waals surface area contributed by atoms with E-state index in [0.717, 1.165) is 12.0 Å². The number of fused-ring (bicyclic) bond motifs is 3. The second-order valence-electron chi connectivity index (χ2n) is 8.76. The first kappa shape index (κ1) is 24.7. The Morgan fingerprint density at radius 3 is 2.85 bits per heavy atom. The van der Waals surface area contributed by atoms with Gasteiger partial charge in [0.25, 0.3) is 5.91 Å². The summed E-state index contributed by atoms with van der Waals surface area (Å²) in [7, 11) is 0. The monoisotopic (exact) mass is 474 g/mol. The molecule has 4 rings (SSSR count). The zero-order valence-electron chi connectivity index (χ0n) is 19.5. The van der Waals surface area contributed by atoms with Crippen molar-refractivity contribution in [3.8, 4) is 5.75 Å². The van der Waals surface area contributed by atoms with Crippen molar-refractivity contribution in [2.24, 2.45) is 0 Å². The number of ether oxygens (including phenoxy) is 3. The van der Waals surface area contributed by atoms with E-state index in [0.29, 0.717) is 50.5 Å². The normalized spacial score (nSPS) is 27.4. The molecule has 2 heterocycles. The van der Waals surface area contributed by atoms with Crippen LogP contribution in [0.15, 0.2) is 35.9 Å². The van der Waals surface area contributed by atoms with Gasteiger partial charge in [-0.3, -0.25) is 9.59 Å². The Morgan fingerprint density at radius 1 is 1.29 bits per heavy atom. The number of aliphatic hydroxyl groups is 2. The van der Waals surface area contributed by atoms with E-state index in [-0.39, 0.29) is 25.0 Å². The SMILES string of the molecule is CCOCCCN(C(=O)C1CCCO1)[C@@H]1C=C(C(=O)NCCO)[C@@H]2c3ccccc3O[C@@H]2[C@H]1O. The Balaban J connectivity index is 1.68. The van der Waals surface area contributed by atoms with E-state index in [9.17, 15) is 19.8 Å². The Morgan fingerprint density at radius 2 is 2.12 bits per heavy atom. The van der Waals surface area contributed by atoms with Crippen molar-refractivity contribution in [1.29, 1.82) is 0 Å². The fourth-order valence-electron chi connectivity index (χ4n) is 5.04. The lowest BCUT2D eigenvalue weighted by Crippen LogP contribution is -2.57. The number of hydrogen-bond donors (Lipinski definition) is 3. The van der Waals surface area contributed by atoms with Crippen LogP contribution >= 0.6 is 0 Å². The first-order valence-electron chi connectivity index (χ1n) is 12.1. The molecule has 0 saturated carbocycles. The molecule has 1 fully saturated rings. The molecule has 2 amide bonds. The van der Waals surface area contributed by atoms with Crippen molar-refractivity contribution in [3.05, 3.63) is 41.5 Å². The highest BCUT2D eigenvalue weighted by Crippen LogP contribution is 2.47. The molecule has 1 aromatic rings. The lowest BCUT2D eigenvalue weighted by Gasteiger charge is -2.41. The lowest BCUT2D eigenvalue weighted by atomic mass is 9.77. The highest BCUT2D eigenvalue weighted by molar-refractivity contribution is 5.96. The number of carbonyl (C=O) groups is 2. The average molecular weight is 475 g/mol. The molecule has 0 radical (unpaired) electrons. The van der Waals surface area contributed by atoms with Gasteiger partial charge >= 0.3 is 0 Å². The maximum absolute atomic E-state index is 13.5. The van der Waals surface area contributed by atoms with Gasteiger partial charge in [0, 0.05) is 44.0 Å². The van der Waals surface area contributed by atoms with Crippen molar-refractivity contribution < 1.29 is 34.0 Å². The third-order valence-corrected chi connectivity index (χ3v) is 6.62. The standard InChI is InChI=1S/C25H34N2O7/c1-2-32-13-6-11-27(25(31)20-9-5-14-33-20)18-15-17(24(30)26-10-12-28)21-16-7-3-4-8-19(16)34-23(21)22(18)29/h3-4,7-8,15,18,20-23,28-29H,2,5-6,9-14H2,1H3,(H,26,30)/t18-,20?,21+,22+,23+/m1/s1. The van der Waals surface area contributed by atoms with Gasteiger partial charge in [0.1, 0.15) is 24.1 Å². The van der Waals surface area contributed by atoms with Crippen LogP contribution in [-0.2, 0) is 19.1 Å². The predicted molar refractivity (Wildman–Crippen MR) is 123 cm³/mol. The van der Waals surface area contributed by atoms with E-state index in [1.165, 1.54) is 0 Å². The quantitative estimate of drug-likeness (QED) is 0.428. The number of aliphatic hydroxyl groups excluding tert-OH is 2. The molecule has 186 valence electrons. The molecular formula is C25H34N2O7. The van der Waals surface area contributed by atoms with E-state index < -0.39 is 30.3 Å². The number of carbonyl (C=O) groups excluding carboxylic acids is 2. The lowest BCUT2D eigenvalue weighted by molar-refractivity contribution is -0.147. The number of benzene rings is 1. The topological polar surface area (TPSA) is 118 Å². The summed E-state index contributed by atoms with van der Waals surface area (Å²) in [5.41, 5.74) is 1.25. The zero-order valence-corrected chi connectivity index (χ0v) is 19.5. The molecule has 2 aliphatic heterocycles. The second-order valence-corrected chi connectivity index (χ2v) is 8.76. The van der Waals surface area contributed by atoms with Gasteiger partial charge in [-0.15, -0.1) is 0 Å². The molecule has 0 aromatic heterocycles. The van der Waals surface area contributed by atoms with Gasteiger partial charge in [0.15, 0.2) is 0 Å². The molecule has 9 nitrogen and oxygen atoms in total. The molecule has 0 bridgehead atoms. The van der Waals surface area contributed by atoms with E-state index in [4.69, 9.17) is 14.2 Å². The van der Waals surface area contributed by atoms with Crippen LogP contribution in [0.1, 0.15) is 37.7 Å². The van der Waals surface area contributed by atoms with Crippen LogP contribution in [0.5, 0.6) is 5.75 Å². The molecule has 1 saturated heterocycles. The molecule has 34 heavy (non-hydrogen) atoms. The van der Waals surface area contributed by atoms with Gasteiger partial charge in [-0.05, 0) is 38.3 Å². The Bertz CT molecular complexity index is 899. The minimum absolute atomic E-state index is 0.107. The molecule has 9 heteroatoms. The zero-order chi connectivity index (χ0) is 24.1. The molecule has 1 aliphatic carbocycles. The van der Waals surface area contributed by atoms with Gasteiger partial charge in [-0.2, -0.15) is 0 Å². The van der Waals surface area contributed by atoms with Gasteiger partial charge in [0.2, 0.25) is 5.91 Å². The largest absolute Gasteiger partial charge is 0.486 e. The number of para-hydroxylation sites is 1. The fraction of sp³-hybridized carbons (Fsp3) is 0.600. The highest BCUT2D eigenvalue weighted by atomic mass is 16.5. The number of nitrogens with one attached hydrogen (secondary N) is 1. The van der Waals surface area contributed by atoms with Crippen molar-refractivity contribution in [1.82, 2.24) is 10.2 Å². The number of rotatable bonds is 10. The summed E-state index contributed by atoms with van der Waals surface area (Å²) in [5, 5.41) is 23.4. The highest BCUT2D eigenvalue weighted by Gasteiger charge is 2.50. The summed E-state index contributed by atoms with van der Waals surface area (Å²) in [5.74, 6) is -0.394. The van der Waals surface area contributed by atoms with Crippen LogP contribution in [0.25, 0.3) is 0 Å². The van der Waals surface area contributed by atoms with Crippen LogP contribution < -0.4 is 10.1 Å². The minimum atomic E-state index is -1.04. The molecular weight excluding hydrogens is 440 g/mol. The summed E-state index contributed by atoms with van der Waals surface area (Å²) in [6.45, 7) is 3.78. The minimum Gasteiger partial charge on any atom is -0.486 e. The van der Waals surface area contributed by atoms with Crippen molar-refractivity contribution in [3.63, 3.8) is 0 Å². The van der Waals surface area contributed by atoms with E-state index in [2.05, 4.69) is 5.32 Å². The van der Waals surface area contributed by atoms with Crippen LogP contribution in [0.2, 0.25) is 0 Å². The maximum atomic E-state index is 13.5. The molecule has 1 aromatic carbocycles. The van der Waals surface area contributed by atoms with E-state index >= 15 is 0 Å². The van der Waals surface area contributed by atoms with Crippen molar-refractivity contribution in [2.75, 3.05) is 39.5 Å². The first-order valence-corrected chi connectivity index (χ1v) is 12.1. The first-order chi connectivity index (χ1) is 16.6. The molecule has 1 unspecified atom stereocenters. The summed E-state index contributed by atoms with van der Waals surface area (Å²) in [6.07, 6.45) is 1.41. The summed E-state index contributed by atoms with van der Waals surface area (Å²) >= 11 is 0. The number of hydrogen-bond acceptors (Lipinski definition) is 7. The molecule has 0 spiro atoms. The maximum Gasteiger partial charge on any atom is 0.252 e. The van der Waals surface area contributed by atoms with Crippen LogP contribution in [0.4, 0.5) is 0 Å². The average Bonchev–Trinajstić information content (AvgIpc) is 3.52. The Labute approximate surface area is 199 Å². The Hall–Kier alpha value is -2.46. The number of amides is 2. The molecule has 5 atom stereocenters. The smallest absolute Gasteiger partial charge is 0.252 e.